The average molecular weight is 640 g/mol. The number of rotatable bonds is 0. The SMILES string of the molecule is O=c1c2ccccc2n2c3ccccc3c(=O)c3c4cc5c6c(c4nc1c32)S(=O)(=O)c1ccccc1N6c1ccccc1S5(=O)=O. The topological polar surface area (TPSA) is 123 Å². The normalized spacial score (nSPS) is 15.8. The van der Waals surface area contributed by atoms with Crippen LogP contribution in [0.5, 0.6) is 0 Å². The van der Waals surface area contributed by atoms with Crippen molar-refractivity contribution in [3.8, 4) is 0 Å². The third kappa shape index (κ3) is 2.80. The van der Waals surface area contributed by atoms with Crippen LogP contribution in [0.25, 0.3) is 49.1 Å². The zero-order valence-electron chi connectivity index (χ0n) is 23.4. The minimum atomic E-state index is -4.42. The summed E-state index contributed by atoms with van der Waals surface area (Å²) in [7, 11) is -8.70. The van der Waals surface area contributed by atoms with Crippen LogP contribution in [-0.2, 0) is 19.7 Å². The summed E-state index contributed by atoms with van der Waals surface area (Å²) in [6.07, 6.45) is 0. The Balaban J connectivity index is 1.56. The lowest BCUT2D eigenvalue weighted by Crippen LogP contribution is -2.29. The van der Waals surface area contributed by atoms with Crippen molar-refractivity contribution < 1.29 is 16.8 Å². The van der Waals surface area contributed by atoms with Crippen molar-refractivity contribution in [1.29, 1.82) is 0 Å². The van der Waals surface area contributed by atoms with Crippen molar-refractivity contribution in [2.75, 3.05) is 4.90 Å². The fourth-order valence-corrected chi connectivity index (χ4v) is 10.8. The average Bonchev–Trinajstić information content (AvgIpc) is 3.07. The summed E-state index contributed by atoms with van der Waals surface area (Å²) in [5.74, 6) is 0. The maximum atomic E-state index is 14.6. The molecule has 5 aromatic carbocycles. The molecule has 0 radical (unpaired) electrons. The molecule has 5 heterocycles. The number of pyridine rings is 3. The highest BCUT2D eigenvalue weighted by Gasteiger charge is 2.46. The van der Waals surface area contributed by atoms with E-state index >= 15 is 0 Å². The predicted octanol–water partition coefficient (Wildman–Crippen LogP) is 5.87. The Morgan fingerprint density at radius 1 is 0.543 bits per heavy atom. The highest BCUT2D eigenvalue weighted by Crippen LogP contribution is 2.57. The molecule has 0 N–H and O–H groups in total. The maximum Gasteiger partial charge on any atom is 0.215 e. The first-order valence-electron chi connectivity index (χ1n) is 14.3. The van der Waals surface area contributed by atoms with Crippen LogP contribution >= 0.6 is 0 Å². The second-order valence-corrected chi connectivity index (χ2v) is 15.2. The van der Waals surface area contributed by atoms with Crippen molar-refractivity contribution in [1.82, 2.24) is 9.38 Å². The van der Waals surface area contributed by atoms with E-state index in [1.54, 1.807) is 94.2 Å². The van der Waals surface area contributed by atoms with Gasteiger partial charge in [0, 0.05) is 16.2 Å². The minimum absolute atomic E-state index is 0.00358. The molecule has 0 unspecified atom stereocenters. The van der Waals surface area contributed by atoms with Crippen LogP contribution in [0, 0.1) is 0 Å². The summed E-state index contributed by atoms with van der Waals surface area (Å²) < 4.78 is 59.8. The number of hydrogen-bond acceptors (Lipinski definition) is 8. The van der Waals surface area contributed by atoms with Crippen molar-refractivity contribution >= 4 is 85.9 Å². The van der Waals surface area contributed by atoms with E-state index < -0.39 is 30.5 Å². The number of nitrogens with zero attached hydrogens (tertiary/aromatic N) is 3. The summed E-state index contributed by atoms with van der Waals surface area (Å²) in [6, 6.07) is 28.0. The van der Waals surface area contributed by atoms with Crippen LogP contribution in [0.3, 0.4) is 0 Å². The zero-order chi connectivity index (χ0) is 31.3. The Hall–Kier alpha value is -5.65. The molecule has 10 rings (SSSR count). The largest absolute Gasteiger partial charge is 0.306 e. The molecule has 0 aliphatic carbocycles. The van der Waals surface area contributed by atoms with Gasteiger partial charge in [0.15, 0.2) is 5.43 Å². The summed E-state index contributed by atoms with van der Waals surface area (Å²) in [5, 5.41) is 0.729. The van der Waals surface area contributed by atoms with E-state index in [4.69, 9.17) is 4.98 Å². The van der Waals surface area contributed by atoms with Crippen LogP contribution < -0.4 is 15.8 Å². The van der Waals surface area contributed by atoms with Gasteiger partial charge in [-0.25, -0.2) is 21.8 Å². The Bertz CT molecular complexity index is 3090. The molecule has 220 valence electrons. The van der Waals surface area contributed by atoms with Gasteiger partial charge >= 0.3 is 0 Å². The van der Waals surface area contributed by atoms with E-state index in [0.29, 0.717) is 33.2 Å². The van der Waals surface area contributed by atoms with Crippen molar-refractivity contribution in [2.24, 2.45) is 0 Å². The summed E-state index contributed by atoms with van der Waals surface area (Å²) >= 11 is 0. The predicted molar refractivity (Wildman–Crippen MR) is 175 cm³/mol. The first kappa shape index (κ1) is 25.7. The molecule has 3 aromatic heterocycles. The lowest BCUT2D eigenvalue weighted by Gasteiger charge is -2.38. The van der Waals surface area contributed by atoms with E-state index in [1.807, 2.05) is 0 Å². The standard InChI is InChI=1S/C35H17N3O6S2/c39-33-18-9-1-3-11-21(18)37-22-12-4-2-10-19(22)34(40)30-32(37)28(33)20-17-27-31-35(29(20)36-30)46(43,44)26-16-8-6-14-24(26)38(31)23-13-5-7-15-25(23)45(27,41)42/h1-17H. The molecule has 0 saturated carbocycles. The molecule has 8 aromatic rings. The Morgan fingerprint density at radius 2 is 1.09 bits per heavy atom. The molecule has 0 amide bonds. The van der Waals surface area contributed by atoms with Gasteiger partial charge in [0.05, 0.1) is 59.2 Å². The smallest absolute Gasteiger partial charge is 0.215 e. The van der Waals surface area contributed by atoms with Crippen molar-refractivity contribution in [2.45, 2.75) is 19.6 Å². The Kier molecular flexibility index (Phi) is 4.54. The summed E-state index contributed by atoms with van der Waals surface area (Å²) in [6.45, 7) is 0. The summed E-state index contributed by atoms with van der Waals surface area (Å²) in [5.41, 5.74) is 0.630. The maximum absolute atomic E-state index is 14.6. The van der Waals surface area contributed by atoms with Crippen molar-refractivity contribution in [3.05, 3.63) is 124 Å². The number of benzene rings is 5. The van der Waals surface area contributed by atoms with Crippen molar-refractivity contribution in [3.63, 3.8) is 0 Å². The molecular formula is C35H17N3O6S2. The molecule has 0 spiro atoms. The molecule has 2 aliphatic rings. The number of aromatic nitrogens is 2. The van der Waals surface area contributed by atoms with Gasteiger partial charge in [-0.15, -0.1) is 0 Å². The molecule has 0 bridgehead atoms. The Morgan fingerprint density at radius 3 is 1.74 bits per heavy atom. The van der Waals surface area contributed by atoms with Gasteiger partial charge in [-0.05, 0) is 54.6 Å². The molecular weight excluding hydrogens is 623 g/mol. The number of hydrogen-bond donors (Lipinski definition) is 0. The number of anilines is 3. The first-order chi connectivity index (χ1) is 22.2. The number of fused-ring (bicyclic) bond motifs is 11. The lowest BCUT2D eigenvalue weighted by molar-refractivity contribution is 0.591. The molecule has 0 atom stereocenters. The van der Waals surface area contributed by atoms with E-state index in [9.17, 15) is 26.4 Å². The van der Waals surface area contributed by atoms with Gasteiger partial charge in [-0.2, -0.15) is 0 Å². The van der Waals surface area contributed by atoms with E-state index in [-0.39, 0.29) is 52.6 Å². The fraction of sp³-hybridized carbons (Fsp3) is 0. The zero-order valence-corrected chi connectivity index (χ0v) is 25.1. The quantitative estimate of drug-likeness (QED) is 0.149. The summed E-state index contributed by atoms with van der Waals surface area (Å²) in [4.78, 5) is 34.4. The van der Waals surface area contributed by atoms with Crippen LogP contribution in [0.15, 0.2) is 132 Å². The third-order valence-electron chi connectivity index (χ3n) is 9.17. The molecule has 11 heteroatoms. The number of para-hydroxylation sites is 4. The number of sulfone groups is 2. The van der Waals surface area contributed by atoms with Gasteiger partial charge in [-0.1, -0.05) is 48.5 Å². The highest BCUT2D eigenvalue weighted by molar-refractivity contribution is 7.93. The van der Waals surface area contributed by atoms with Crippen LogP contribution in [0.2, 0.25) is 0 Å². The lowest BCUT2D eigenvalue weighted by atomic mass is 10.0. The molecule has 2 aliphatic heterocycles. The van der Waals surface area contributed by atoms with E-state index in [1.165, 1.54) is 18.2 Å². The monoisotopic (exact) mass is 639 g/mol. The van der Waals surface area contributed by atoms with E-state index in [0.717, 1.165) is 0 Å². The van der Waals surface area contributed by atoms with Crippen LogP contribution in [0.1, 0.15) is 0 Å². The Labute approximate surface area is 259 Å². The molecule has 0 fully saturated rings. The third-order valence-corrected chi connectivity index (χ3v) is 12.8. The second-order valence-electron chi connectivity index (χ2n) is 11.4. The van der Waals surface area contributed by atoms with Gasteiger partial charge < -0.3 is 9.30 Å². The molecule has 0 saturated heterocycles. The molecule has 46 heavy (non-hydrogen) atoms. The molecule has 9 nitrogen and oxygen atoms in total. The fourth-order valence-electron chi connectivity index (χ4n) is 7.29. The second kappa shape index (κ2) is 8.13. The van der Waals surface area contributed by atoms with Gasteiger partial charge in [-0.3, -0.25) is 9.59 Å². The van der Waals surface area contributed by atoms with Crippen LogP contribution in [0.4, 0.5) is 17.1 Å². The first-order valence-corrected chi connectivity index (χ1v) is 17.3. The van der Waals surface area contributed by atoms with Gasteiger partial charge in [0.25, 0.3) is 0 Å². The van der Waals surface area contributed by atoms with Crippen LogP contribution in [-0.4, -0.2) is 26.2 Å². The highest BCUT2D eigenvalue weighted by atomic mass is 32.2. The van der Waals surface area contributed by atoms with Gasteiger partial charge in [0.2, 0.25) is 25.1 Å². The van der Waals surface area contributed by atoms with E-state index in [2.05, 4.69) is 0 Å². The minimum Gasteiger partial charge on any atom is -0.306 e. The van der Waals surface area contributed by atoms with Gasteiger partial charge in [0.1, 0.15) is 10.4 Å².